The number of fused-ring (bicyclic) bond motifs is 1. The molecule has 0 saturated carbocycles. The molecule has 3 nitrogen and oxygen atoms in total. The molecule has 16 heavy (non-hydrogen) atoms. The van der Waals surface area contributed by atoms with Gasteiger partial charge >= 0.3 is 5.97 Å². The minimum Gasteiger partial charge on any atom is -0.481 e. The molecule has 0 saturated heterocycles. The first-order chi connectivity index (χ1) is 7.66. The molecule has 82 valence electrons. The lowest BCUT2D eigenvalue weighted by atomic mass is 10.2. The summed E-state index contributed by atoms with van der Waals surface area (Å²) < 4.78 is 0.963. The number of hydrogen-bond acceptors (Lipinski definition) is 3. The van der Waals surface area contributed by atoms with Crippen molar-refractivity contribution in [1.82, 2.24) is 4.98 Å². The molecule has 0 amide bonds. The number of benzene rings is 1. The van der Waals surface area contributed by atoms with Crippen LogP contribution in [0.5, 0.6) is 0 Å². The molecule has 0 atom stereocenters. The molecule has 0 spiro atoms. The van der Waals surface area contributed by atoms with Crippen molar-refractivity contribution in [2.75, 3.05) is 5.75 Å². The Morgan fingerprint density at radius 2 is 2.25 bits per heavy atom. The Bertz CT molecular complexity index is 544. The maximum Gasteiger partial charge on any atom is 0.313 e. The van der Waals surface area contributed by atoms with E-state index in [1.807, 2.05) is 24.3 Å². The minimum absolute atomic E-state index is 0.0611. The van der Waals surface area contributed by atoms with E-state index in [2.05, 4.69) is 20.9 Å². The van der Waals surface area contributed by atoms with E-state index < -0.39 is 5.97 Å². The molecule has 1 N–H and O–H groups in total. The second kappa shape index (κ2) is 4.84. The van der Waals surface area contributed by atoms with E-state index in [-0.39, 0.29) is 5.75 Å². The van der Waals surface area contributed by atoms with Crippen LogP contribution in [0, 0.1) is 0 Å². The highest BCUT2D eigenvalue weighted by Gasteiger charge is 2.05. The van der Waals surface area contributed by atoms with Crippen molar-refractivity contribution >= 4 is 44.6 Å². The highest BCUT2D eigenvalue weighted by molar-refractivity contribution is 9.10. The number of halogens is 1. The fraction of sp³-hybridized carbons (Fsp3) is 0.0909. The normalized spacial score (nSPS) is 10.6. The lowest BCUT2D eigenvalue weighted by Gasteiger charge is -2.04. The van der Waals surface area contributed by atoms with E-state index >= 15 is 0 Å². The van der Waals surface area contributed by atoms with Crippen LogP contribution in [0.1, 0.15) is 0 Å². The first kappa shape index (κ1) is 11.4. The van der Waals surface area contributed by atoms with Crippen molar-refractivity contribution in [1.29, 1.82) is 0 Å². The third-order valence-corrected chi connectivity index (χ3v) is 3.57. The molecule has 0 aliphatic carbocycles. The van der Waals surface area contributed by atoms with Crippen LogP contribution in [0.3, 0.4) is 0 Å². The van der Waals surface area contributed by atoms with Crippen molar-refractivity contribution in [3.05, 3.63) is 34.9 Å². The molecule has 0 unspecified atom stereocenters. The van der Waals surface area contributed by atoms with Crippen molar-refractivity contribution in [2.24, 2.45) is 0 Å². The quantitative estimate of drug-likeness (QED) is 0.884. The number of thioether (sulfide) groups is 1. The minimum atomic E-state index is -0.815. The van der Waals surface area contributed by atoms with Crippen LogP contribution in [0.4, 0.5) is 0 Å². The first-order valence-corrected chi connectivity index (χ1v) is 6.33. The number of carboxylic acid groups (broad SMARTS) is 1. The number of rotatable bonds is 3. The van der Waals surface area contributed by atoms with Crippen molar-refractivity contribution in [3.8, 4) is 0 Å². The van der Waals surface area contributed by atoms with Gasteiger partial charge in [-0.2, -0.15) is 0 Å². The zero-order chi connectivity index (χ0) is 11.5. The molecule has 1 aromatic heterocycles. The predicted molar refractivity (Wildman–Crippen MR) is 67.8 cm³/mol. The van der Waals surface area contributed by atoms with Gasteiger partial charge in [-0.25, -0.2) is 0 Å². The molecule has 1 heterocycles. The maximum atomic E-state index is 10.5. The molecule has 0 bridgehead atoms. The summed E-state index contributed by atoms with van der Waals surface area (Å²) in [6.45, 7) is 0. The largest absolute Gasteiger partial charge is 0.481 e. The van der Waals surface area contributed by atoms with Crippen LogP contribution in [-0.2, 0) is 4.79 Å². The van der Waals surface area contributed by atoms with Gasteiger partial charge in [0.2, 0.25) is 0 Å². The fourth-order valence-electron chi connectivity index (χ4n) is 1.36. The van der Waals surface area contributed by atoms with Gasteiger partial charge in [0.1, 0.15) is 0 Å². The number of nitrogens with zero attached hydrogens (tertiary/aromatic N) is 1. The van der Waals surface area contributed by atoms with E-state index in [0.717, 1.165) is 20.3 Å². The van der Waals surface area contributed by atoms with E-state index in [4.69, 9.17) is 5.11 Å². The third-order valence-electron chi connectivity index (χ3n) is 2.01. The van der Waals surface area contributed by atoms with Gasteiger partial charge in [-0.3, -0.25) is 9.78 Å². The van der Waals surface area contributed by atoms with Crippen LogP contribution in [0.2, 0.25) is 0 Å². The van der Waals surface area contributed by atoms with Gasteiger partial charge in [0.15, 0.2) is 0 Å². The number of hydrogen-bond donors (Lipinski definition) is 1. The maximum absolute atomic E-state index is 10.5. The average molecular weight is 298 g/mol. The van der Waals surface area contributed by atoms with Crippen molar-refractivity contribution < 1.29 is 9.90 Å². The molecule has 2 aromatic rings. The summed E-state index contributed by atoms with van der Waals surface area (Å²) >= 11 is 4.70. The monoisotopic (exact) mass is 297 g/mol. The fourth-order valence-corrected chi connectivity index (χ4v) is 2.47. The van der Waals surface area contributed by atoms with Crippen LogP contribution in [0.15, 0.2) is 39.8 Å². The smallest absolute Gasteiger partial charge is 0.313 e. The Morgan fingerprint density at radius 3 is 3.00 bits per heavy atom. The highest BCUT2D eigenvalue weighted by atomic mass is 79.9. The van der Waals surface area contributed by atoms with E-state index in [1.165, 1.54) is 11.8 Å². The molecule has 0 fully saturated rings. The van der Waals surface area contributed by atoms with E-state index in [9.17, 15) is 4.79 Å². The lowest BCUT2D eigenvalue weighted by molar-refractivity contribution is -0.133. The molecule has 0 aliphatic heterocycles. The number of pyridine rings is 1. The van der Waals surface area contributed by atoms with Crippen molar-refractivity contribution in [3.63, 3.8) is 0 Å². The summed E-state index contributed by atoms with van der Waals surface area (Å²) in [7, 11) is 0. The number of carbonyl (C=O) groups is 1. The van der Waals surface area contributed by atoms with Gasteiger partial charge in [0, 0.05) is 21.0 Å². The summed E-state index contributed by atoms with van der Waals surface area (Å²) in [5.74, 6) is -0.754. The lowest BCUT2D eigenvalue weighted by Crippen LogP contribution is -1.97. The van der Waals surface area contributed by atoms with Gasteiger partial charge < -0.3 is 5.11 Å². The Kier molecular flexibility index (Phi) is 3.46. The van der Waals surface area contributed by atoms with Gasteiger partial charge in [-0.05, 0) is 24.3 Å². The molecule has 2 rings (SSSR count). The Labute approximate surface area is 105 Å². The van der Waals surface area contributed by atoms with Gasteiger partial charge in [-0.15, -0.1) is 11.8 Å². The molecular weight excluding hydrogens is 290 g/mol. The average Bonchev–Trinajstić information content (AvgIpc) is 2.26. The van der Waals surface area contributed by atoms with Crippen LogP contribution in [-0.4, -0.2) is 21.8 Å². The molecule has 1 aromatic carbocycles. The van der Waals surface area contributed by atoms with Crippen LogP contribution in [0.25, 0.3) is 10.9 Å². The summed E-state index contributed by atoms with van der Waals surface area (Å²) in [6, 6.07) is 7.61. The topological polar surface area (TPSA) is 50.2 Å². The zero-order valence-corrected chi connectivity index (χ0v) is 10.6. The third kappa shape index (κ3) is 2.54. The summed E-state index contributed by atoms with van der Waals surface area (Å²) in [5.41, 5.74) is 0.874. The molecule has 0 radical (unpaired) electrons. The predicted octanol–water partition coefficient (Wildman–Crippen LogP) is 3.17. The van der Waals surface area contributed by atoms with Crippen LogP contribution < -0.4 is 0 Å². The summed E-state index contributed by atoms with van der Waals surface area (Å²) in [4.78, 5) is 15.7. The molecule has 5 heteroatoms. The zero-order valence-electron chi connectivity index (χ0n) is 8.18. The van der Waals surface area contributed by atoms with Gasteiger partial charge in [0.05, 0.1) is 11.3 Å². The summed E-state index contributed by atoms with van der Waals surface area (Å²) in [6.07, 6.45) is 1.69. The van der Waals surface area contributed by atoms with E-state index in [1.54, 1.807) is 6.20 Å². The number of aliphatic carboxylic acids is 1. The Morgan fingerprint density at radius 1 is 1.44 bits per heavy atom. The van der Waals surface area contributed by atoms with Crippen molar-refractivity contribution in [2.45, 2.75) is 4.90 Å². The SMILES string of the molecule is O=C(O)CSc1ccnc2ccc(Br)cc12. The second-order valence-corrected chi connectivity index (χ2v) is 5.09. The highest BCUT2D eigenvalue weighted by Crippen LogP contribution is 2.28. The van der Waals surface area contributed by atoms with Gasteiger partial charge in [-0.1, -0.05) is 15.9 Å². The Balaban J connectivity index is 2.43. The Hall–Kier alpha value is -1.07. The number of aromatic nitrogens is 1. The van der Waals surface area contributed by atoms with E-state index in [0.29, 0.717) is 0 Å². The summed E-state index contributed by atoms with van der Waals surface area (Å²) in [5, 5.41) is 9.63. The molecular formula is C11H8BrNO2S. The van der Waals surface area contributed by atoms with Gasteiger partial charge in [0.25, 0.3) is 0 Å². The number of carboxylic acids is 1. The second-order valence-electron chi connectivity index (χ2n) is 3.15. The van der Waals surface area contributed by atoms with Crippen LogP contribution >= 0.6 is 27.7 Å². The first-order valence-electron chi connectivity index (χ1n) is 4.55. The molecule has 0 aliphatic rings. The standard InChI is InChI=1S/C11H8BrNO2S/c12-7-1-2-9-8(5-7)10(3-4-13-9)16-6-11(14)15/h1-5H,6H2,(H,14,15).